The summed E-state index contributed by atoms with van der Waals surface area (Å²) in [5.74, 6) is 0.746. The molecule has 1 aliphatic carbocycles. The molecule has 0 atom stereocenters. The minimum Gasteiger partial charge on any atom is -0.300 e. The number of carbonyl (C=O) groups excluding carboxylic acids is 2. The molecule has 2 heterocycles. The van der Waals surface area contributed by atoms with Crippen molar-refractivity contribution in [2.24, 2.45) is 5.41 Å². The molecule has 2 aromatic heterocycles. The fourth-order valence-corrected chi connectivity index (χ4v) is 3.39. The number of fused-ring (bicyclic) bond motifs is 1. The predicted molar refractivity (Wildman–Crippen MR) is 106 cm³/mol. The van der Waals surface area contributed by atoms with Gasteiger partial charge < -0.3 is 9.80 Å². The van der Waals surface area contributed by atoms with Gasteiger partial charge in [-0.3, -0.25) is 14.7 Å². The Balaban J connectivity index is 2.12. The lowest BCUT2D eigenvalue weighted by atomic mass is 9.76. The molecule has 0 radical (unpaired) electrons. The predicted octanol–water partition coefficient (Wildman–Crippen LogP) is 2.95. The molecule has 7 heteroatoms. The third-order valence-electron chi connectivity index (χ3n) is 5.36. The molecule has 0 spiro atoms. The highest BCUT2D eigenvalue weighted by Crippen LogP contribution is 2.38. The molecule has 2 amide bonds. The lowest BCUT2D eigenvalue weighted by Crippen LogP contribution is -2.27. The van der Waals surface area contributed by atoms with Crippen molar-refractivity contribution in [1.82, 2.24) is 15.2 Å². The number of aromatic nitrogens is 3. The molecule has 1 N–H and O–H groups in total. The molecule has 0 fully saturated rings. The second-order valence-corrected chi connectivity index (χ2v) is 8.10. The maximum atomic E-state index is 11.8. The number of pyridine rings is 1. The number of nitrogens with one attached hydrogen (secondary N) is 1. The number of anilines is 2. The van der Waals surface area contributed by atoms with E-state index in [1.807, 2.05) is 12.1 Å². The number of nitrogens with zero attached hydrogens (tertiary/aromatic N) is 4. The van der Waals surface area contributed by atoms with Crippen LogP contribution < -0.4 is 9.80 Å². The van der Waals surface area contributed by atoms with Crippen LogP contribution in [0.2, 0.25) is 0 Å². The number of carbonyl (C=O) groups is 2. The van der Waals surface area contributed by atoms with E-state index in [0.717, 1.165) is 30.5 Å². The van der Waals surface area contributed by atoms with Gasteiger partial charge in [-0.15, -0.1) is 0 Å². The van der Waals surface area contributed by atoms with Gasteiger partial charge in [-0.1, -0.05) is 13.8 Å². The molecule has 1 aliphatic rings. The highest BCUT2D eigenvalue weighted by atomic mass is 16.2. The van der Waals surface area contributed by atoms with Crippen LogP contribution in [0.5, 0.6) is 0 Å². The molecule has 0 unspecified atom stereocenters. The van der Waals surface area contributed by atoms with Gasteiger partial charge in [0.2, 0.25) is 11.8 Å². The van der Waals surface area contributed by atoms with Crippen molar-refractivity contribution in [3.8, 4) is 11.3 Å². The summed E-state index contributed by atoms with van der Waals surface area (Å²) in [7, 11) is 3.35. The van der Waals surface area contributed by atoms with Crippen LogP contribution in [-0.2, 0) is 22.4 Å². The first-order valence-electron chi connectivity index (χ1n) is 9.16. The minimum absolute atomic E-state index is 0.123. The van der Waals surface area contributed by atoms with Gasteiger partial charge in [0.1, 0.15) is 11.6 Å². The molecule has 0 aliphatic heterocycles. The maximum absolute atomic E-state index is 11.8. The first-order valence-corrected chi connectivity index (χ1v) is 9.16. The summed E-state index contributed by atoms with van der Waals surface area (Å²) < 4.78 is 0. The Kier molecular flexibility index (Phi) is 4.80. The van der Waals surface area contributed by atoms with Crippen molar-refractivity contribution in [2.45, 2.75) is 47.0 Å². The highest BCUT2D eigenvalue weighted by molar-refractivity contribution is 5.93. The summed E-state index contributed by atoms with van der Waals surface area (Å²) in [5.41, 5.74) is 4.37. The van der Waals surface area contributed by atoms with Crippen LogP contribution in [0.25, 0.3) is 11.3 Å². The van der Waals surface area contributed by atoms with Crippen LogP contribution in [0.15, 0.2) is 12.1 Å². The topological polar surface area (TPSA) is 82.2 Å². The fourth-order valence-electron chi connectivity index (χ4n) is 3.39. The van der Waals surface area contributed by atoms with E-state index in [4.69, 9.17) is 0 Å². The molecule has 7 nitrogen and oxygen atoms in total. The molecule has 3 rings (SSSR count). The summed E-state index contributed by atoms with van der Waals surface area (Å²) in [6.07, 6.45) is 3.01. The Morgan fingerprint density at radius 2 is 1.63 bits per heavy atom. The lowest BCUT2D eigenvalue weighted by Gasteiger charge is -2.29. The molecular weight excluding hydrogens is 342 g/mol. The standard InChI is InChI=1S/C20H27N5O2/c1-12(26)24(5)17-9-14(10-18(21-17)25(6)13(2)27)19-15-7-8-20(3,4)11-16(15)22-23-19/h9-10H,7-8,11H2,1-6H3,(H,22,23). The van der Waals surface area contributed by atoms with E-state index < -0.39 is 0 Å². The van der Waals surface area contributed by atoms with Crippen LogP contribution in [0.4, 0.5) is 11.6 Å². The van der Waals surface area contributed by atoms with Crippen molar-refractivity contribution in [3.05, 3.63) is 23.4 Å². The smallest absolute Gasteiger partial charge is 0.224 e. The third-order valence-corrected chi connectivity index (χ3v) is 5.36. The Hall–Kier alpha value is -2.70. The van der Waals surface area contributed by atoms with E-state index in [2.05, 4.69) is 29.0 Å². The van der Waals surface area contributed by atoms with Crippen molar-refractivity contribution in [1.29, 1.82) is 0 Å². The van der Waals surface area contributed by atoms with Crippen molar-refractivity contribution in [2.75, 3.05) is 23.9 Å². The number of hydrogen-bond acceptors (Lipinski definition) is 4. The Labute approximate surface area is 159 Å². The lowest BCUT2D eigenvalue weighted by molar-refractivity contribution is -0.117. The third kappa shape index (κ3) is 3.72. The Morgan fingerprint density at radius 3 is 2.15 bits per heavy atom. The molecule has 2 aromatic rings. The summed E-state index contributed by atoms with van der Waals surface area (Å²) in [6.45, 7) is 7.51. The SMILES string of the molecule is CC(=O)N(C)c1cc(-c2n[nH]c3c2CCC(C)(C)C3)cc(N(C)C(C)=O)n1. The van der Waals surface area contributed by atoms with Gasteiger partial charge >= 0.3 is 0 Å². The molecule has 0 bridgehead atoms. The van der Waals surface area contributed by atoms with E-state index in [-0.39, 0.29) is 17.2 Å². The van der Waals surface area contributed by atoms with Crippen LogP contribution in [0, 0.1) is 5.41 Å². The Morgan fingerprint density at radius 1 is 1.07 bits per heavy atom. The van der Waals surface area contributed by atoms with Crippen molar-refractivity contribution < 1.29 is 9.59 Å². The van der Waals surface area contributed by atoms with Gasteiger partial charge in [0.25, 0.3) is 0 Å². The zero-order valence-electron chi connectivity index (χ0n) is 16.9. The quantitative estimate of drug-likeness (QED) is 0.902. The van der Waals surface area contributed by atoms with E-state index in [0.29, 0.717) is 11.6 Å². The highest BCUT2D eigenvalue weighted by Gasteiger charge is 2.29. The zero-order valence-corrected chi connectivity index (χ0v) is 16.9. The zero-order chi connectivity index (χ0) is 19.9. The first-order chi connectivity index (χ1) is 12.6. The summed E-state index contributed by atoms with van der Waals surface area (Å²) in [4.78, 5) is 31.1. The van der Waals surface area contributed by atoms with Gasteiger partial charge in [-0.2, -0.15) is 5.10 Å². The van der Waals surface area contributed by atoms with Crippen molar-refractivity contribution in [3.63, 3.8) is 0 Å². The van der Waals surface area contributed by atoms with Crippen LogP contribution in [0.3, 0.4) is 0 Å². The van der Waals surface area contributed by atoms with Gasteiger partial charge in [-0.05, 0) is 36.8 Å². The van der Waals surface area contributed by atoms with E-state index in [1.54, 1.807) is 14.1 Å². The molecule has 0 saturated carbocycles. The molecular formula is C20H27N5O2. The molecule has 0 aromatic carbocycles. The van der Waals surface area contributed by atoms with Gasteiger partial charge in [0, 0.05) is 44.8 Å². The van der Waals surface area contributed by atoms with Gasteiger partial charge in [-0.25, -0.2) is 4.98 Å². The molecule has 0 saturated heterocycles. The first kappa shape index (κ1) is 19.1. The summed E-state index contributed by atoms with van der Waals surface area (Å²) in [6, 6.07) is 3.71. The molecule has 144 valence electrons. The van der Waals surface area contributed by atoms with Crippen LogP contribution >= 0.6 is 0 Å². The van der Waals surface area contributed by atoms with Crippen molar-refractivity contribution >= 4 is 23.5 Å². The van der Waals surface area contributed by atoms with E-state index >= 15 is 0 Å². The van der Waals surface area contributed by atoms with Crippen LogP contribution in [-0.4, -0.2) is 41.1 Å². The summed E-state index contributed by atoms with van der Waals surface area (Å²) >= 11 is 0. The number of amides is 2. The monoisotopic (exact) mass is 369 g/mol. The number of aromatic amines is 1. The normalized spacial score (nSPS) is 15.2. The fraction of sp³-hybridized carbons (Fsp3) is 0.500. The van der Waals surface area contributed by atoms with E-state index in [1.165, 1.54) is 34.9 Å². The number of H-pyrrole nitrogens is 1. The second kappa shape index (κ2) is 6.79. The van der Waals surface area contributed by atoms with Gasteiger partial charge in [0.05, 0.1) is 5.69 Å². The largest absolute Gasteiger partial charge is 0.300 e. The second-order valence-electron chi connectivity index (χ2n) is 8.10. The average Bonchev–Trinajstić information content (AvgIpc) is 3.01. The maximum Gasteiger partial charge on any atom is 0.224 e. The summed E-state index contributed by atoms with van der Waals surface area (Å²) in [5, 5.41) is 7.76. The Bertz CT molecular complexity index is 862. The van der Waals surface area contributed by atoms with Crippen LogP contribution in [0.1, 0.15) is 45.4 Å². The molecule has 27 heavy (non-hydrogen) atoms. The van der Waals surface area contributed by atoms with E-state index in [9.17, 15) is 9.59 Å². The average molecular weight is 369 g/mol. The number of hydrogen-bond donors (Lipinski definition) is 1. The number of rotatable bonds is 3. The van der Waals surface area contributed by atoms with Gasteiger partial charge in [0.15, 0.2) is 0 Å². The minimum atomic E-state index is -0.123.